The van der Waals surface area contributed by atoms with Crippen molar-refractivity contribution in [3.8, 4) is 0 Å². The van der Waals surface area contributed by atoms with Crippen LogP contribution in [0.25, 0.3) is 0 Å². The van der Waals surface area contributed by atoms with Gasteiger partial charge in [0.25, 0.3) is 0 Å². The molecule has 0 fully saturated rings. The first kappa shape index (κ1) is 10.8. The van der Waals surface area contributed by atoms with E-state index >= 15 is 0 Å². The van der Waals surface area contributed by atoms with Crippen molar-refractivity contribution in [2.75, 3.05) is 0 Å². The number of rotatable bonds is 0. The van der Waals surface area contributed by atoms with Crippen molar-refractivity contribution in [2.45, 2.75) is 26.7 Å². The molecule has 1 aromatic rings. The molecule has 0 aliphatic heterocycles. The van der Waals surface area contributed by atoms with Gasteiger partial charge in [-0.3, -0.25) is 0 Å². The Bertz CT molecular complexity index is 286. The highest BCUT2D eigenvalue weighted by Gasteiger charge is 1.83. The van der Waals surface area contributed by atoms with Gasteiger partial charge in [0.2, 0.25) is 0 Å². The summed E-state index contributed by atoms with van der Waals surface area (Å²) in [5.41, 5.74) is 2.74. The molecule has 1 aliphatic rings. The average Bonchev–Trinajstić information content (AvgIpc) is 2.26. The lowest BCUT2D eigenvalue weighted by Gasteiger charge is -1.93. The van der Waals surface area contributed by atoms with E-state index in [2.05, 4.69) is 62.4 Å². The number of allylic oxidation sites excluding steroid dienone is 4. The first-order valence-electron chi connectivity index (χ1n) is 5.14. The Labute approximate surface area is 87.0 Å². The molecule has 0 heterocycles. The van der Waals surface area contributed by atoms with Crippen LogP contribution in [0.5, 0.6) is 0 Å². The van der Waals surface area contributed by atoms with E-state index in [1.807, 2.05) is 0 Å². The molecule has 0 amide bonds. The van der Waals surface area contributed by atoms with Crippen LogP contribution in [-0.2, 0) is 0 Å². The first-order valence-corrected chi connectivity index (χ1v) is 5.14. The summed E-state index contributed by atoms with van der Waals surface area (Å²) in [7, 11) is 0. The Morgan fingerprint density at radius 2 is 1.21 bits per heavy atom. The van der Waals surface area contributed by atoms with Gasteiger partial charge in [0.15, 0.2) is 0 Å². The molecule has 0 heteroatoms. The van der Waals surface area contributed by atoms with E-state index < -0.39 is 0 Å². The number of benzene rings is 1. The minimum absolute atomic E-state index is 1.23. The Balaban J connectivity index is 0.000000146. The topological polar surface area (TPSA) is 0 Å². The molecular weight excluding hydrogens is 168 g/mol. The summed E-state index contributed by atoms with van der Waals surface area (Å²) in [6.07, 6.45) is 11.0. The number of hydrogen-bond acceptors (Lipinski definition) is 0. The lowest BCUT2D eigenvalue weighted by atomic mass is 10.1. The van der Waals surface area contributed by atoms with E-state index in [-0.39, 0.29) is 0 Å². The highest BCUT2D eigenvalue weighted by atomic mass is 13.9. The van der Waals surface area contributed by atoms with Crippen molar-refractivity contribution >= 4 is 0 Å². The molecule has 14 heavy (non-hydrogen) atoms. The summed E-state index contributed by atoms with van der Waals surface area (Å²) in [6.45, 7) is 4.24. The van der Waals surface area contributed by atoms with E-state index in [1.165, 1.54) is 24.0 Å². The first-order chi connectivity index (χ1) is 6.80. The average molecular weight is 186 g/mol. The number of aryl methyl sites for hydroxylation is 2. The molecule has 1 aliphatic carbocycles. The maximum atomic E-state index is 2.18. The van der Waals surface area contributed by atoms with E-state index in [0.29, 0.717) is 0 Å². The molecule has 1 aromatic carbocycles. The Morgan fingerprint density at radius 1 is 0.786 bits per heavy atom. The van der Waals surface area contributed by atoms with Crippen LogP contribution in [0.4, 0.5) is 0 Å². The second kappa shape index (κ2) is 6.20. The third-order valence-electron chi connectivity index (χ3n) is 2.31. The van der Waals surface area contributed by atoms with Crippen LogP contribution in [-0.4, -0.2) is 0 Å². The zero-order chi connectivity index (χ0) is 10.2. The smallest absolute Gasteiger partial charge is 0.0313 e. The van der Waals surface area contributed by atoms with Crippen LogP contribution in [0, 0.1) is 13.8 Å². The standard InChI is InChI=1S/C8H10.C6H8/c1-7-5-3-4-6-8(7)2;1-2-4-6-5-3-1/h3-6H,1-2H3;1-4H,5-6H2. The fourth-order valence-corrected chi connectivity index (χ4v) is 1.20. The molecule has 0 N–H and O–H groups in total. The van der Waals surface area contributed by atoms with E-state index in [1.54, 1.807) is 0 Å². The summed E-state index contributed by atoms with van der Waals surface area (Å²) >= 11 is 0. The van der Waals surface area contributed by atoms with Gasteiger partial charge in [0, 0.05) is 0 Å². The van der Waals surface area contributed by atoms with Gasteiger partial charge < -0.3 is 0 Å². The minimum atomic E-state index is 1.23. The Kier molecular flexibility index (Phi) is 4.77. The fraction of sp³-hybridized carbons (Fsp3) is 0.286. The predicted molar refractivity (Wildman–Crippen MR) is 63.4 cm³/mol. The van der Waals surface area contributed by atoms with Gasteiger partial charge in [-0.1, -0.05) is 48.6 Å². The molecule has 0 saturated heterocycles. The van der Waals surface area contributed by atoms with Crippen LogP contribution in [0.3, 0.4) is 0 Å². The van der Waals surface area contributed by atoms with Gasteiger partial charge in [-0.15, -0.1) is 0 Å². The SMILES string of the molecule is C1=CCCC=C1.Cc1ccccc1C. The predicted octanol–water partition coefficient (Wildman–Crippen LogP) is 4.20. The third-order valence-corrected chi connectivity index (χ3v) is 2.31. The molecule has 0 unspecified atom stereocenters. The van der Waals surface area contributed by atoms with Gasteiger partial charge in [-0.2, -0.15) is 0 Å². The highest BCUT2D eigenvalue weighted by molar-refractivity contribution is 5.23. The molecule has 2 rings (SSSR count). The second-order valence-electron chi connectivity index (χ2n) is 3.52. The summed E-state index contributed by atoms with van der Waals surface area (Å²) in [4.78, 5) is 0. The quantitative estimate of drug-likeness (QED) is 0.569. The minimum Gasteiger partial charge on any atom is -0.0842 e. The molecule has 74 valence electrons. The van der Waals surface area contributed by atoms with Crippen molar-refractivity contribution in [2.24, 2.45) is 0 Å². The van der Waals surface area contributed by atoms with Gasteiger partial charge in [0.1, 0.15) is 0 Å². The van der Waals surface area contributed by atoms with Crippen LogP contribution >= 0.6 is 0 Å². The van der Waals surface area contributed by atoms with E-state index in [9.17, 15) is 0 Å². The maximum absolute atomic E-state index is 2.18. The summed E-state index contributed by atoms with van der Waals surface area (Å²) in [5.74, 6) is 0. The molecule has 0 bridgehead atoms. The van der Waals surface area contributed by atoms with Crippen molar-refractivity contribution in [1.29, 1.82) is 0 Å². The van der Waals surface area contributed by atoms with Crippen LogP contribution < -0.4 is 0 Å². The van der Waals surface area contributed by atoms with Gasteiger partial charge in [-0.05, 0) is 37.8 Å². The van der Waals surface area contributed by atoms with Crippen LogP contribution in [0.2, 0.25) is 0 Å². The maximum Gasteiger partial charge on any atom is -0.0313 e. The summed E-state index contributed by atoms with van der Waals surface area (Å²) < 4.78 is 0. The highest BCUT2D eigenvalue weighted by Crippen LogP contribution is 2.02. The normalized spacial score (nSPS) is 13.3. The zero-order valence-corrected chi connectivity index (χ0v) is 9.03. The molecule has 0 saturated carbocycles. The lowest BCUT2D eigenvalue weighted by Crippen LogP contribution is -1.74. The van der Waals surface area contributed by atoms with Crippen molar-refractivity contribution in [3.05, 3.63) is 59.7 Å². The van der Waals surface area contributed by atoms with Crippen LogP contribution in [0.15, 0.2) is 48.6 Å². The van der Waals surface area contributed by atoms with Crippen molar-refractivity contribution < 1.29 is 0 Å². The zero-order valence-electron chi connectivity index (χ0n) is 9.03. The van der Waals surface area contributed by atoms with Crippen LogP contribution in [0.1, 0.15) is 24.0 Å². The van der Waals surface area contributed by atoms with Gasteiger partial charge in [-0.25, -0.2) is 0 Å². The largest absolute Gasteiger partial charge is 0.0842 e. The summed E-state index contributed by atoms with van der Waals surface area (Å²) in [5, 5.41) is 0. The molecule has 0 nitrogen and oxygen atoms in total. The van der Waals surface area contributed by atoms with Gasteiger partial charge >= 0.3 is 0 Å². The second-order valence-corrected chi connectivity index (χ2v) is 3.52. The third kappa shape index (κ3) is 4.08. The van der Waals surface area contributed by atoms with Crippen molar-refractivity contribution in [1.82, 2.24) is 0 Å². The lowest BCUT2D eigenvalue weighted by molar-refractivity contribution is 1.04. The fourth-order valence-electron chi connectivity index (χ4n) is 1.20. The van der Waals surface area contributed by atoms with E-state index in [0.717, 1.165) is 0 Å². The Morgan fingerprint density at radius 3 is 1.43 bits per heavy atom. The summed E-state index contributed by atoms with van der Waals surface area (Å²) in [6, 6.07) is 8.36. The Hall–Kier alpha value is -1.30. The molecule has 0 radical (unpaired) electrons. The molecular formula is C14H18. The number of hydrogen-bond donors (Lipinski definition) is 0. The molecule has 0 spiro atoms. The van der Waals surface area contributed by atoms with Crippen molar-refractivity contribution in [3.63, 3.8) is 0 Å². The van der Waals surface area contributed by atoms with Gasteiger partial charge in [0.05, 0.1) is 0 Å². The molecule has 0 atom stereocenters. The van der Waals surface area contributed by atoms with E-state index in [4.69, 9.17) is 0 Å². The monoisotopic (exact) mass is 186 g/mol. The molecule has 0 aromatic heterocycles.